The molecule has 5 nitrogen and oxygen atoms in total. The standard InChI is InChI=1S/C20H24ClN3O2.HI/c1-20(2,14-5-3-6-15(21)11-14)13-23-19(22)24-16-7-8-17-18(12-16)26-10-4-9-25-17;/h3,5-8,11-12H,4,9-10,13H2,1-2H3,(H3,22,23,24);1H. The maximum absolute atomic E-state index is 6.10. The second kappa shape index (κ2) is 9.50. The van der Waals surface area contributed by atoms with E-state index in [1.165, 1.54) is 0 Å². The lowest BCUT2D eigenvalue weighted by atomic mass is 9.85. The van der Waals surface area contributed by atoms with Crippen molar-refractivity contribution in [1.82, 2.24) is 0 Å². The number of nitrogens with zero attached hydrogens (tertiary/aromatic N) is 1. The number of guanidine groups is 1. The Hall–Kier alpha value is -1.67. The molecule has 0 saturated carbocycles. The summed E-state index contributed by atoms with van der Waals surface area (Å²) in [5.41, 5.74) is 7.83. The molecule has 2 aromatic carbocycles. The van der Waals surface area contributed by atoms with Gasteiger partial charge in [-0.05, 0) is 29.8 Å². The Morgan fingerprint density at radius 2 is 1.89 bits per heavy atom. The molecule has 0 aliphatic carbocycles. The molecule has 0 atom stereocenters. The van der Waals surface area contributed by atoms with E-state index >= 15 is 0 Å². The smallest absolute Gasteiger partial charge is 0.193 e. The zero-order valence-corrected chi connectivity index (χ0v) is 18.6. The van der Waals surface area contributed by atoms with Crippen molar-refractivity contribution >= 4 is 47.2 Å². The minimum absolute atomic E-state index is 0. The van der Waals surface area contributed by atoms with E-state index in [1.54, 1.807) is 0 Å². The van der Waals surface area contributed by atoms with Crippen LogP contribution in [-0.4, -0.2) is 25.7 Å². The van der Waals surface area contributed by atoms with Crippen molar-refractivity contribution in [3.05, 3.63) is 53.1 Å². The van der Waals surface area contributed by atoms with Gasteiger partial charge in [0.25, 0.3) is 0 Å². The Morgan fingerprint density at radius 1 is 1.15 bits per heavy atom. The minimum atomic E-state index is -0.179. The minimum Gasteiger partial charge on any atom is -0.490 e. The van der Waals surface area contributed by atoms with Crippen LogP contribution in [0.4, 0.5) is 5.69 Å². The molecule has 3 rings (SSSR count). The number of hydrogen-bond acceptors (Lipinski definition) is 3. The van der Waals surface area contributed by atoms with Gasteiger partial charge in [0.05, 0.1) is 19.8 Å². The Morgan fingerprint density at radius 3 is 2.63 bits per heavy atom. The number of aliphatic imine (C=N–C) groups is 1. The van der Waals surface area contributed by atoms with E-state index in [-0.39, 0.29) is 29.4 Å². The van der Waals surface area contributed by atoms with E-state index in [0.717, 1.165) is 34.2 Å². The lowest BCUT2D eigenvalue weighted by Gasteiger charge is -2.23. The summed E-state index contributed by atoms with van der Waals surface area (Å²) < 4.78 is 11.3. The van der Waals surface area contributed by atoms with Crippen molar-refractivity contribution in [3.63, 3.8) is 0 Å². The lowest BCUT2D eigenvalue weighted by molar-refractivity contribution is 0.297. The van der Waals surface area contributed by atoms with Crippen LogP contribution in [0, 0.1) is 0 Å². The molecule has 0 aromatic heterocycles. The van der Waals surface area contributed by atoms with Crippen molar-refractivity contribution in [2.75, 3.05) is 25.1 Å². The molecular formula is C20H25ClIN3O2. The van der Waals surface area contributed by atoms with E-state index in [2.05, 4.69) is 30.2 Å². The summed E-state index contributed by atoms with van der Waals surface area (Å²) in [6, 6.07) is 13.5. The number of anilines is 1. The Kier molecular flexibility index (Phi) is 7.61. The number of fused-ring (bicyclic) bond motifs is 1. The fraction of sp³-hybridized carbons (Fsp3) is 0.350. The molecule has 27 heavy (non-hydrogen) atoms. The SMILES string of the molecule is CC(C)(CN=C(N)Nc1ccc2c(c1)OCCCO2)c1cccc(Cl)c1.I. The average Bonchev–Trinajstić information content (AvgIpc) is 2.85. The summed E-state index contributed by atoms with van der Waals surface area (Å²) in [5, 5.41) is 3.83. The number of rotatable bonds is 4. The largest absolute Gasteiger partial charge is 0.490 e. The molecule has 7 heteroatoms. The van der Waals surface area contributed by atoms with Gasteiger partial charge in [-0.2, -0.15) is 0 Å². The van der Waals surface area contributed by atoms with Crippen LogP contribution < -0.4 is 20.5 Å². The number of benzene rings is 2. The predicted octanol–water partition coefficient (Wildman–Crippen LogP) is 4.82. The highest BCUT2D eigenvalue weighted by atomic mass is 127. The maximum atomic E-state index is 6.10. The molecule has 0 bridgehead atoms. The van der Waals surface area contributed by atoms with Gasteiger partial charge >= 0.3 is 0 Å². The van der Waals surface area contributed by atoms with Gasteiger partial charge in [0.2, 0.25) is 0 Å². The average molecular weight is 502 g/mol. The molecule has 0 fully saturated rings. The van der Waals surface area contributed by atoms with Crippen molar-refractivity contribution in [2.24, 2.45) is 10.7 Å². The molecular weight excluding hydrogens is 477 g/mol. The first-order valence-electron chi connectivity index (χ1n) is 8.67. The third-order valence-corrected chi connectivity index (χ3v) is 4.51. The molecule has 0 saturated heterocycles. The second-order valence-corrected chi connectivity index (χ2v) is 7.37. The number of nitrogens with two attached hydrogens (primary N) is 1. The van der Waals surface area contributed by atoms with Gasteiger partial charge in [-0.3, -0.25) is 4.99 Å². The number of halogens is 2. The van der Waals surface area contributed by atoms with Gasteiger partial charge in [-0.25, -0.2) is 0 Å². The molecule has 0 unspecified atom stereocenters. The zero-order chi connectivity index (χ0) is 18.6. The van der Waals surface area contributed by atoms with Gasteiger partial charge in [0, 0.05) is 28.6 Å². The first kappa shape index (κ1) is 21.6. The molecule has 0 radical (unpaired) electrons. The third kappa shape index (κ3) is 5.90. The second-order valence-electron chi connectivity index (χ2n) is 6.93. The number of ether oxygens (including phenoxy) is 2. The van der Waals surface area contributed by atoms with E-state index in [1.807, 2.05) is 36.4 Å². The van der Waals surface area contributed by atoms with Crippen LogP contribution >= 0.6 is 35.6 Å². The van der Waals surface area contributed by atoms with Gasteiger partial charge in [0.1, 0.15) is 0 Å². The normalized spacial score (nSPS) is 14.1. The van der Waals surface area contributed by atoms with Crippen molar-refractivity contribution < 1.29 is 9.47 Å². The van der Waals surface area contributed by atoms with Crippen molar-refractivity contribution in [1.29, 1.82) is 0 Å². The molecule has 0 spiro atoms. The van der Waals surface area contributed by atoms with E-state index < -0.39 is 0 Å². The van der Waals surface area contributed by atoms with Crippen LogP contribution in [0.1, 0.15) is 25.8 Å². The highest BCUT2D eigenvalue weighted by Gasteiger charge is 2.20. The van der Waals surface area contributed by atoms with Crippen LogP contribution in [-0.2, 0) is 5.41 Å². The molecule has 146 valence electrons. The summed E-state index contributed by atoms with van der Waals surface area (Å²) in [6.45, 7) is 6.08. The van der Waals surface area contributed by atoms with Gasteiger partial charge in [0.15, 0.2) is 17.5 Å². The van der Waals surface area contributed by atoms with E-state index in [9.17, 15) is 0 Å². The quantitative estimate of drug-likeness (QED) is 0.358. The summed E-state index contributed by atoms with van der Waals surface area (Å²) in [5.74, 6) is 1.83. The molecule has 0 amide bonds. The summed E-state index contributed by atoms with van der Waals surface area (Å²) in [4.78, 5) is 4.50. The van der Waals surface area contributed by atoms with Crippen molar-refractivity contribution in [2.45, 2.75) is 25.7 Å². The van der Waals surface area contributed by atoms with Crippen molar-refractivity contribution in [3.8, 4) is 11.5 Å². The molecule has 3 N–H and O–H groups in total. The maximum Gasteiger partial charge on any atom is 0.193 e. The summed E-state index contributed by atoms with van der Waals surface area (Å²) >= 11 is 6.10. The fourth-order valence-electron chi connectivity index (χ4n) is 2.71. The fourth-order valence-corrected chi connectivity index (χ4v) is 2.90. The van der Waals surface area contributed by atoms with Crippen LogP contribution in [0.15, 0.2) is 47.5 Å². The van der Waals surface area contributed by atoms with Crippen LogP contribution in [0.5, 0.6) is 11.5 Å². The summed E-state index contributed by atoms with van der Waals surface area (Å²) in [6.07, 6.45) is 0.875. The van der Waals surface area contributed by atoms with Crippen LogP contribution in [0.3, 0.4) is 0 Å². The molecule has 1 aliphatic rings. The lowest BCUT2D eigenvalue weighted by Crippen LogP contribution is -2.27. The summed E-state index contributed by atoms with van der Waals surface area (Å²) in [7, 11) is 0. The van der Waals surface area contributed by atoms with Crippen LogP contribution in [0.2, 0.25) is 5.02 Å². The van der Waals surface area contributed by atoms with Gasteiger partial charge in [-0.15, -0.1) is 24.0 Å². The zero-order valence-electron chi connectivity index (χ0n) is 15.5. The Bertz CT molecular complexity index is 812. The highest BCUT2D eigenvalue weighted by Crippen LogP contribution is 2.32. The first-order chi connectivity index (χ1) is 12.4. The Balaban J connectivity index is 0.00000261. The van der Waals surface area contributed by atoms with E-state index in [4.69, 9.17) is 26.8 Å². The number of hydrogen-bond donors (Lipinski definition) is 2. The Labute approximate surface area is 182 Å². The highest BCUT2D eigenvalue weighted by molar-refractivity contribution is 14.0. The third-order valence-electron chi connectivity index (χ3n) is 4.27. The van der Waals surface area contributed by atoms with E-state index in [0.29, 0.717) is 25.7 Å². The molecule has 1 heterocycles. The molecule has 1 aliphatic heterocycles. The van der Waals surface area contributed by atoms with Gasteiger partial charge in [-0.1, -0.05) is 37.6 Å². The number of nitrogens with one attached hydrogen (secondary N) is 1. The first-order valence-corrected chi connectivity index (χ1v) is 9.04. The topological polar surface area (TPSA) is 68.9 Å². The predicted molar refractivity (Wildman–Crippen MR) is 122 cm³/mol. The monoisotopic (exact) mass is 501 g/mol. The van der Waals surface area contributed by atoms with Gasteiger partial charge < -0.3 is 20.5 Å². The van der Waals surface area contributed by atoms with Crippen LogP contribution in [0.25, 0.3) is 0 Å². The molecule has 2 aromatic rings.